The van der Waals surface area contributed by atoms with Crippen LogP contribution in [0.5, 0.6) is 0 Å². The first-order chi connectivity index (χ1) is 8.72. The highest BCUT2D eigenvalue weighted by molar-refractivity contribution is 5.92. The third-order valence-electron chi connectivity index (χ3n) is 2.46. The molecular weight excluding hydrogens is 234 g/mol. The molecule has 1 rings (SSSR count). The first-order valence-corrected chi connectivity index (χ1v) is 5.91. The van der Waals surface area contributed by atoms with Gasteiger partial charge in [-0.3, -0.25) is 4.79 Å². The maximum atomic E-state index is 12.1. The highest BCUT2D eigenvalue weighted by Gasteiger charge is 2.16. The normalized spacial score (nSPS) is 10.2. The van der Waals surface area contributed by atoms with Gasteiger partial charge in [0.25, 0.3) is 5.91 Å². The monoisotopic (exact) mass is 253 g/mol. The Morgan fingerprint density at radius 2 is 2.22 bits per heavy atom. The molecule has 4 N–H and O–H groups in total. The number of carbonyl (C=O) groups excluding carboxylic acids is 1. The lowest BCUT2D eigenvalue weighted by Gasteiger charge is -2.20. The quantitative estimate of drug-likeness (QED) is 0.466. The van der Waals surface area contributed by atoms with Gasteiger partial charge >= 0.3 is 0 Å². The largest absolute Gasteiger partial charge is 0.395 e. The Morgan fingerprint density at radius 1 is 1.44 bits per heavy atom. The average molecular weight is 253 g/mol. The van der Waals surface area contributed by atoms with E-state index >= 15 is 0 Å². The van der Waals surface area contributed by atoms with Crippen LogP contribution < -0.4 is 11.3 Å². The fourth-order valence-corrected chi connectivity index (χ4v) is 1.46. The van der Waals surface area contributed by atoms with Crippen LogP contribution in [0.25, 0.3) is 0 Å². The average Bonchev–Trinajstić information content (AvgIpc) is 2.43. The molecule has 18 heavy (non-hydrogen) atoms. The highest BCUT2D eigenvalue weighted by atomic mass is 16.3. The van der Waals surface area contributed by atoms with E-state index in [9.17, 15) is 4.79 Å². The third-order valence-corrected chi connectivity index (χ3v) is 2.46. The van der Waals surface area contributed by atoms with Gasteiger partial charge in [0.1, 0.15) is 5.69 Å². The second-order valence-corrected chi connectivity index (χ2v) is 3.80. The lowest BCUT2D eigenvalue weighted by molar-refractivity contribution is 0.0713. The molecule has 0 atom stereocenters. The Balaban J connectivity index is 2.73. The van der Waals surface area contributed by atoms with Crippen LogP contribution in [0.3, 0.4) is 0 Å². The summed E-state index contributed by atoms with van der Waals surface area (Å²) in [5, 5.41) is 8.96. The molecule has 0 aliphatic heterocycles. The van der Waals surface area contributed by atoms with E-state index in [1.54, 1.807) is 4.90 Å². The van der Waals surface area contributed by atoms with Gasteiger partial charge in [-0.15, -0.1) is 0 Å². The lowest BCUT2D eigenvalue weighted by atomic mass is 10.3. The number of nitrogens with zero attached hydrogens (tertiary/aromatic N) is 3. The minimum atomic E-state index is -0.228. The van der Waals surface area contributed by atoms with Gasteiger partial charge < -0.3 is 15.4 Å². The zero-order valence-electron chi connectivity index (χ0n) is 10.5. The van der Waals surface area contributed by atoms with Crippen molar-refractivity contribution >= 4 is 11.7 Å². The van der Waals surface area contributed by atoms with Crippen LogP contribution in [0.4, 0.5) is 5.82 Å². The molecule has 100 valence electrons. The molecular formula is C11H19N5O2. The summed E-state index contributed by atoms with van der Waals surface area (Å²) in [6, 6.07) is 0. The second kappa shape index (κ2) is 7.57. The SMILES string of the molecule is CCCCN(CCO)C(=O)c1cnc(NN)cn1. The van der Waals surface area contributed by atoms with Gasteiger partial charge in [-0.2, -0.15) is 0 Å². The van der Waals surface area contributed by atoms with Crippen molar-refractivity contribution in [2.75, 3.05) is 25.1 Å². The number of nitrogens with one attached hydrogen (secondary N) is 1. The third kappa shape index (κ3) is 3.94. The summed E-state index contributed by atoms with van der Waals surface area (Å²) in [6.45, 7) is 2.89. The number of anilines is 1. The number of hydrogen-bond acceptors (Lipinski definition) is 6. The van der Waals surface area contributed by atoms with E-state index in [1.807, 2.05) is 6.92 Å². The van der Waals surface area contributed by atoms with Gasteiger partial charge in [0.15, 0.2) is 5.82 Å². The summed E-state index contributed by atoms with van der Waals surface area (Å²) < 4.78 is 0. The molecule has 0 aliphatic carbocycles. The van der Waals surface area contributed by atoms with Crippen molar-refractivity contribution in [3.05, 3.63) is 18.1 Å². The van der Waals surface area contributed by atoms with Gasteiger partial charge in [-0.05, 0) is 6.42 Å². The van der Waals surface area contributed by atoms with E-state index in [0.717, 1.165) is 12.8 Å². The molecule has 0 aliphatic rings. The number of carbonyl (C=O) groups is 1. The fourth-order valence-electron chi connectivity index (χ4n) is 1.46. The van der Waals surface area contributed by atoms with Crippen molar-refractivity contribution < 1.29 is 9.90 Å². The van der Waals surface area contributed by atoms with Crippen molar-refractivity contribution in [2.24, 2.45) is 5.84 Å². The predicted octanol–water partition coefficient (Wildman–Crippen LogP) is -0.00320. The van der Waals surface area contributed by atoms with Gasteiger partial charge in [-0.25, -0.2) is 15.8 Å². The van der Waals surface area contributed by atoms with E-state index in [1.165, 1.54) is 12.4 Å². The Morgan fingerprint density at radius 3 is 2.72 bits per heavy atom. The van der Waals surface area contributed by atoms with E-state index in [2.05, 4.69) is 15.4 Å². The summed E-state index contributed by atoms with van der Waals surface area (Å²) in [6.07, 6.45) is 4.64. The molecule has 1 heterocycles. The minimum Gasteiger partial charge on any atom is -0.395 e. The number of unbranched alkanes of at least 4 members (excludes halogenated alkanes) is 1. The molecule has 1 aromatic heterocycles. The molecule has 0 bridgehead atoms. The van der Waals surface area contributed by atoms with Crippen LogP contribution in [0.1, 0.15) is 30.3 Å². The topological polar surface area (TPSA) is 104 Å². The minimum absolute atomic E-state index is 0.0642. The number of aliphatic hydroxyl groups is 1. The Labute approximate surface area is 106 Å². The molecule has 1 amide bonds. The maximum absolute atomic E-state index is 12.1. The summed E-state index contributed by atoms with van der Waals surface area (Å²) >= 11 is 0. The standard InChI is InChI=1S/C11H19N5O2/c1-2-3-4-16(5-6-17)11(18)9-7-14-10(15-12)8-13-9/h7-8,17H,2-6,12H2,1H3,(H,14,15). The smallest absolute Gasteiger partial charge is 0.274 e. The number of rotatable bonds is 7. The van der Waals surface area contributed by atoms with Crippen LogP contribution in [-0.2, 0) is 0 Å². The number of aromatic nitrogens is 2. The number of nitrogens with two attached hydrogens (primary N) is 1. The molecule has 0 fully saturated rings. The molecule has 0 saturated heterocycles. The highest BCUT2D eigenvalue weighted by Crippen LogP contribution is 2.05. The Bertz CT molecular complexity index is 368. The van der Waals surface area contributed by atoms with E-state index in [-0.39, 0.29) is 18.2 Å². The van der Waals surface area contributed by atoms with Crippen molar-refractivity contribution in [2.45, 2.75) is 19.8 Å². The van der Waals surface area contributed by atoms with Crippen molar-refractivity contribution in [1.29, 1.82) is 0 Å². The molecule has 7 heteroatoms. The number of nitrogen functional groups attached to an aromatic ring is 1. The number of hydrogen-bond donors (Lipinski definition) is 3. The first kappa shape index (κ1) is 14.3. The molecule has 7 nitrogen and oxygen atoms in total. The van der Waals surface area contributed by atoms with E-state index in [4.69, 9.17) is 10.9 Å². The summed E-state index contributed by atoms with van der Waals surface area (Å²) in [5.74, 6) is 5.34. The molecule has 0 aromatic carbocycles. The second-order valence-electron chi connectivity index (χ2n) is 3.80. The summed E-state index contributed by atoms with van der Waals surface area (Å²) in [7, 11) is 0. The maximum Gasteiger partial charge on any atom is 0.274 e. The van der Waals surface area contributed by atoms with Crippen LogP contribution in [0, 0.1) is 0 Å². The lowest BCUT2D eigenvalue weighted by Crippen LogP contribution is -2.35. The van der Waals surface area contributed by atoms with Gasteiger partial charge in [-0.1, -0.05) is 13.3 Å². The van der Waals surface area contributed by atoms with Crippen LogP contribution in [-0.4, -0.2) is 45.6 Å². The molecule has 1 aromatic rings. The zero-order chi connectivity index (χ0) is 13.4. The Hall–Kier alpha value is -1.73. The van der Waals surface area contributed by atoms with Gasteiger partial charge in [0.05, 0.1) is 19.0 Å². The number of amides is 1. The predicted molar refractivity (Wildman–Crippen MR) is 67.7 cm³/mol. The molecule has 0 spiro atoms. The zero-order valence-corrected chi connectivity index (χ0v) is 10.5. The van der Waals surface area contributed by atoms with Crippen molar-refractivity contribution in [1.82, 2.24) is 14.9 Å². The fraction of sp³-hybridized carbons (Fsp3) is 0.545. The number of aliphatic hydroxyl groups excluding tert-OH is 1. The van der Waals surface area contributed by atoms with Gasteiger partial charge in [0.2, 0.25) is 0 Å². The van der Waals surface area contributed by atoms with Crippen molar-refractivity contribution in [3.8, 4) is 0 Å². The summed E-state index contributed by atoms with van der Waals surface area (Å²) in [5.41, 5.74) is 2.59. The van der Waals surface area contributed by atoms with E-state index in [0.29, 0.717) is 18.9 Å². The van der Waals surface area contributed by atoms with Crippen LogP contribution in [0.15, 0.2) is 12.4 Å². The van der Waals surface area contributed by atoms with Gasteiger partial charge in [0, 0.05) is 13.1 Å². The van der Waals surface area contributed by atoms with Crippen LogP contribution >= 0.6 is 0 Å². The Kier molecular flexibility index (Phi) is 6.03. The van der Waals surface area contributed by atoms with Crippen molar-refractivity contribution in [3.63, 3.8) is 0 Å². The molecule has 0 unspecified atom stereocenters. The molecule has 0 saturated carbocycles. The summed E-state index contributed by atoms with van der Waals surface area (Å²) in [4.78, 5) is 21.6. The van der Waals surface area contributed by atoms with Crippen LogP contribution in [0.2, 0.25) is 0 Å². The molecule has 0 radical (unpaired) electrons. The first-order valence-electron chi connectivity index (χ1n) is 5.91. The number of hydrazine groups is 1. The van der Waals surface area contributed by atoms with E-state index < -0.39 is 0 Å².